The molecule has 4 bridgehead atoms. The number of hydrogen-bond donors (Lipinski definition) is 1. The van der Waals surface area contributed by atoms with Gasteiger partial charge in [0.25, 0.3) is 5.91 Å². The molecule has 4 aliphatic rings. The van der Waals surface area contributed by atoms with Crippen LogP contribution in [0.4, 0.5) is 5.69 Å². The van der Waals surface area contributed by atoms with Crippen LogP contribution in [0.2, 0.25) is 0 Å². The van der Waals surface area contributed by atoms with Crippen LogP contribution in [-0.2, 0) is 11.2 Å². The second-order valence-corrected chi connectivity index (χ2v) is 10.8. The van der Waals surface area contributed by atoms with Crippen molar-refractivity contribution in [1.82, 2.24) is 14.7 Å². The number of anilines is 1. The van der Waals surface area contributed by atoms with Crippen LogP contribution in [0.3, 0.4) is 0 Å². The van der Waals surface area contributed by atoms with Gasteiger partial charge in [0.15, 0.2) is 0 Å². The quantitative estimate of drug-likeness (QED) is 0.572. The summed E-state index contributed by atoms with van der Waals surface area (Å²) in [5.41, 5.74) is 4.29. The molecule has 6 heteroatoms. The summed E-state index contributed by atoms with van der Waals surface area (Å²) in [5, 5.41) is 7.37. The summed E-state index contributed by atoms with van der Waals surface area (Å²) in [5.74, 6) is 2.35. The fourth-order valence-electron chi connectivity index (χ4n) is 6.72. The fourth-order valence-corrected chi connectivity index (χ4v) is 6.72. The predicted octanol–water partition coefficient (Wildman–Crippen LogP) is 5.01. The third-order valence-corrected chi connectivity index (χ3v) is 8.04. The second kappa shape index (κ2) is 8.99. The van der Waals surface area contributed by atoms with E-state index in [9.17, 15) is 9.59 Å². The predicted molar refractivity (Wildman–Crippen MR) is 135 cm³/mol. The molecule has 0 radical (unpaired) electrons. The van der Waals surface area contributed by atoms with E-state index in [1.807, 2.05) is 55.5 Å². The number of benzene rings is 2. The molecule has 0 spiro atoms. The van der Waals surface area contributed by atoms with Gasteiger partial charge in [-0.25, -0.2) is 4.68 Å². The second-order valence-electron chi connectivity index (χ2n) is 10.8. The summed E-state index contributed by atoms with van der Waals surface area (Å²) in [6.45, 7) is 2.92. The SMILES string of the molecule is Cc1cccc(CC(=O)Nc2cnn(-c3cccc(C(=O)N4CC5C[C@@H]6CC4C[C@H](C5)C6)c3)c2)c1. The number of carbonyl (C=O) groups excluding carboxylic acids is 2. The Hall–Kier alpha value is -3.41. The van der Waals surface area contributed by atoms with Gasteiger partial charge in [0, 0.05) is 18.2 Å². The molecule has 2 amide bonds. The Labute approximate surface area is 206 Å². The first kappa shape index (κ1) is 22.1. The number of fused-ring (bicyclic) bond motifs is 1. The van der Waals surface area contributed by atoms with Gasteiger partial charge in [-0.1, -0.05) is 35.9 Å². The zero-order chi connectivity index (χ0) is 23.9. The lowest BCUT2D eigenvalue weighted by molar-refractivity contribution is -0.115. The number of amides is 2. The number of carbonyl (C=O) groups is 2. The number of nitrogens with one attached hydrogen (secondary N) is 1. The summed E-state index contributed by atoms with van der Waals surface area (Å²) in [6, 6.07) is 16.0. The number of aryl methyl sites for hydroxylation is 1. The average molecular weight is 469 g/mol. The van der Waals surface area contributed by atoms with Crippen molar-refractivity contribution in [2.75, 3.05) is 11.9 Å². The first-order valence-electron chi connectivity index (χ1n) is 12.8. The van der Waals surface area contributed by atoms with Crippen LogP contribution in [0.1, 0.15) is 53.6 Å². The Morgan fingerprint density at radius 2 is 1.74 bits per heavy atom. The summed E-state index contributed by atoms with van der Waals surface area (Å²) < 4.78 is 1.72. The van der Waals surface area contributed by atoms with Crippen LogP contribution in [-0.4, -0.2) is 39.1 Å². The molecule has 2 aliphatic carbocycles. The van der Waals surface area contributed by atoms with Crippen LogP contribution in [0.15, 0.2) is 60.9 Å². The monoisotopic (exact) mass is 468 g/mol. The lowest BCUT2D eigenvalue weighted by Gasteiger charge is -2.39. The van der Waals surface area contributed by atoms with Gasteiger partial charge in [-0.2, -0.15) is 5.10 Å². The maximum Gasteiger partial charge on any atom is 0.254 e. The molecule has 2 saturated heterocycles. The van der Waals surface area contributed by atoms with E-state index in [1.54, 1.807) is 17.1 Å². The molecule has 2 aliphatic heterocycles. The highest BCUT2D eigenvalue weighted by Gasteiger charge is 2.44. The van der Waals surface area contributed by atoms with E-state index in [4.69, 9.17) is 0 Å². The molecule has 35 heavy (non-hydrogen) atoms. The number of nitrogens with zero attached hydrogens (tertiary/aromatic N) is 3. The average Bonchev–Trinajstić information content (AvgIpc) is 3.20. The van der Waals surface area contributed by atoms with Crippen molar-refractivity contribution in [3.05, 3.63) is 77.6 Å². The zero-order valence-electron chi connectivity index (χ0n) is 20.2. The molecule has 180 valence electrons. The number of aromatic nitrogens is 2. The van der Waals surface area contributed by atoms with E-state index in [-0.39, 0.29) is 11.8 Å². The minimum absolute atomic E-state index is 0.0793. The molecular formula is C29H32N4O2. The highest BCUT2D eigenvalue weighted by atomic mass is 16.2. The molecule has 1 aromatic heterocycles. The van der Waals surface area contributed by atoms with E-state index in [1.165, 1.54) is 32.1 Å². The molecule has 4 atom stereocenters. The Bertz CT molecular complexity index is 1250. The molecule has 3 aromatic rings. The van der Waals surface area contributed by atoms with E-state index >= 15 is 0 Å². The summed E-state index contributed by atoms with van der Waals surface area (Å²) in [6.07, 6.45) is 10.1. The summed E-state index contributed by atoms with van der Waals surface area (Å²) >= 11 is 0. The van der Waals surface area contributed by atoms with Crippen molar-refractivity contribution >= 4 is 17.5 Å². The molecule has 4 fully saturated rings. The highest BCUT2D eigenvalue weighted by Crippen LogP contribution is 2.47. The number of rotatable bonds is 5. The van der Waals surface area contributed by atoms with E-state index in [0.717, 1.165) is 35.2 Å². The summed E-state index contributed by atoms with van der Waals surface area (Å²) in [7, 11) is 0. The first-order chi connectivity index (χ1) is 17.0. The van der Waals surface area contributed by atoms with E-state index in [2.05, 4.69) is 15.3 Å². The Morgan fingerprint density at radius 3 is 2.54 bits per heavy atom. The van der Waals surface area contributed by atoms with Gasteiger partial charge < -0.3 is 10.2 Å². The molecule has 2 aromatic carbocycles. The number of hydrogen-bond acceptors (Lipinski definition) is 3. The largest absolute Gasteiger partial charge is 0.335 e. The Kier molecular flexibility index (Phi) is 5.67. The Morgan fingerprint density at radius 1 is 0.971 bits per heavy atom. The smallest absolute Gasteiger partial charge is 0.254 e. The normalized spacial score (nSPS) is 24.9. The van der Waals surface area contributed by atoms with Gasteiger partial charge in [0.05, 0.1) is 30.2 Å². The van der Waals surface area contributed by atoms with Crippen molar-refractivity contribution in [3.63, 3.8) is 0 Å². The molecule has 3 heterocycles. The van der Waals surface area contributed by atoms with Crippen molar-refractivity contribution in [1.29, 1.82) is 0 Å². The molecule has 2 unspecified atom stereocenters. The maximum absolute atomic E-state index is 13.6. The highest BCUT2D eigenvalue weighted by molar-refractivity contribution is 5.95. The van der Waals surface area contributed by atoms with Crippen LogP contribution < -0.4 is 5.32 Å². The van der Waals surface area contributed by atoms with Crippen LogP contribution in [0.25, 0.3) is 5.69 Å². The van der Waals surface area contributed by atoms with Crippen molar-refractivity contribution in [2.45, 2.75) is 51.5 Å². The van der Waals surface area contributed by atoms with E-state index in [0.29, 0.717) is 29.6 Å². The Balaban J connectivity index is 1.15. The van der Waals surface area contributed by atoms with Gasteiger partial charge in [0.1, 0.15) is 0 Å². The molecule has 2 saturated carbocycles. The van der Waals surface area contributed by atoms with Crippen LogP contribution >= 0.6 is 0 Å². The van der Waals surface area contributed by atoms with Gasteiger partial charge in [-0.3, -0.25) is 9.59 Å². The van der Waals surface area contributed by atoms with Gasteiger partial charge >= 0.3 is 0 Å². The van der Waals surface area contributed by atoms with Gasteiger partial charge in [-0.15, -0.1) is 0 Å². The zero-order valence-corrected chi connectivity index (χ0v) is 20.2. The first-order valence-corrected chi connectivity index (χ1v) is 12.8. The van der Waals surface area contributed by atoms with Crippen molar-refractivity contribution in [3.8, 4) is 5.69 Å². The molecule has 7 rings (SSSR count). The van der Waals surface area contributed by atoms with Gasteiger partial charge in [-0.05, 0) is 80.5 Å². The third-order valence-electron chi connectivity index (χ3n) is 8.04. The van der Waals surface area contributed by atoms with E-state index < -0.39 is 0 Å². The van der Waals surface area contributed by atoms with Crippen LogP contribution in [0, 0.1) is 24.7 Å². The van der Waals surface area contributed by atoms with Crippen molar-refractivity contribution in [2.24, 2.45) is 17.8 Å². The van der Waals surface area contributed by atoms with Gasteiger partial charge in [0.2, 0.25) is 5.91 Å². The lowest BCUT2D eigenvalue weighted by Crippen LogP contribution is -2.42. The topological polar surface area (TPSA) is 67.2 Å². The summed E-state index contributed by atoms with van der Waals surface area (Å²) in [4.78, 5) is 28.3. The minimum Gasteiger partial charge on any atom is -0.335 e. The minimum atomic E-state index is -0.0793. The maximum atomic E-state index is 13.6. The standard InChI is InChI=1S/C29H32N4O2/c1-19-4-2-5-20(8-19)14-28(34)31-25-16-30-33(18-25)26-7-3-6-24(15-26)29(35)32-17-23-10-21-9-22(11-23)13-27(32)12-21/h2-8,15-16,18,21-23,27H,9-14,17H2,1H3,(H,31,34)/t21-,22+,23?,27?. The van der Waals surface area contributed by atoms with Crippen LogP contribution in [0.5, 0.6) is 0 Å². The third kappa shape index (κ3) is 4.62. The fraction of sp³-hybridized carbons (Fsp3) is 0.414. The lowest BCUT2D eigenvalue weighted by atomic mass is 9.68. The molecular weight excluding hydrogens is 436 g/mol. The van der Waals surface area contributed by atoms with Crippen molar-refractivity contribution < 1.29 is 9.59 Å². The molecule has 6 nitrogen and oxygen atoms in total. The molecule has 1 N–H and O–H groups in total.